The molecule has 1 heterocycles. The first-order valence-electron chi connectivity index (χ1n) is 7.15. The number of benzene rings is 3. The molecule has 22 heavy (non-hydrogen) atoms. The zero-order valence-corrected chi connectivity index (χ0v) is 14.0. The van der Waals surface area contributed by atoms with Crippen molar-refractivity contribution < 1.29 is 0 Å². The summed E-state index contributed by atoms with van der Waals surface area (Å²) in [5.74, 6) is 0. The second-order valence-corrected chi connectivity index (χ2v) is 8.13. The Kier molecular flexibility index (Phi) is 2.62. The summed E-state index contributed by atoms with van der Waals surface area (Å²) in [5.41, 5.74) is 4.96. The molecule has 0 N–H and O–H groups in total. The zero-order valence-electron chi connectivity index (χ0n) is 11.6. The van der Waals surface area contributed by atoms with Crippen LogP contribution in [0.1, 0.15) is 11.1 Å². The van der Waals surface area contributed by atoms with Crippen LogP contribution in [0.2, 0.25) is 5.02 Å². The van der Waals surface area contributed by atoms with E-state index in [9.17, 15) is 0 Å². The SMILES string of the molecule is Clc1ccc2c(c1)-c1c(ccc3c1[se]c1ccccc13)C=[C+]2. The molecule has 0 saturated carbocycles. The predicted molar refractivity (Wildman–Crippen MR) is 95.6 cm³/mol. The minimum atomic E-state index is 0.349. The molecular formula is C20H10ClSe+. The van der Waals surface area contributed by atoms with Crippen molar-refractivity contribution in [3.63, 3.8) is 0 Å². The van der Waals surface area contributed by atoms with Crippen LogP contribution in [0.3, 0.4) is 0 Å². The number of fused-ring (bicyclic) bond motifs is 7. The van der Waals surface area contributed by atoms with Gasteiger partial charge in [-0.05, 0) is 0 Å². The summed E-state index contributed by atoms with van der Waals surface area (Å²) in [6, 6.07) is 19.3. The molecule has 0 fully saturated rings. The van der Waals surface area contributed by atoms with Gasteiger partial charge in [-0.3, -0.25) is 0 Å². The molecule has 2 heteroatoms. The molecule has 0 atom stereocenters. The van der Waals surface area contributed by atoms with Gasteiger partial charge in [-0.2, -0.15) is 0 Å². The average molecular weight is 365 g/mol. The molecule has 102 valence electrons. The molecule has 1 aliphatic carbocycles. The summed E-state index contributed by atoms with van der Waals surface area (Å²) < 4.78 is 2.95. The Bertz CT molecular complexity index is 1090. The van der Waals surface area contributed by atoms with Crippen LogP contribution in [0.15, 0.2) is 54.6 Å². The summed E-state index contributed by atoms with van der Waals surface area (Å²) in [7, 11) is 0. The molecule has 4 aromatic rings. The van der Waals surface area contributed by atoms with Crippen LogP contribution in [0.5, 0.6) is 0 Å². The fourth-order valence-electron chi connectivity index (χ4n) is 3.21. The standard InChI is InChI=1S/C20H10ClSe/c21-14-9-7-12-5-6-13-8-10-16-15-3-1-2-4-18(15)22-20(16)19(13)17(12)11-14/h1-4,6-11H/q+1. The summed E-state index contributed by atoms with van der Waals surface area (Å²) in [6.07, 6.45) is 5.48. The molecule has 0 bridgehead atoms. The molecule has 3 aromatic carbocycles. The molecule has 0 radical (unpaired) electrons. The Morgan fingerprint density at radius 3 is 2.77 bits per heavy atom. The van der Waals surface area contributed by atoms with Crippen LogP contribution in [0.25, 0.3) is 36.5 Å². The Morgan fingerprint density at radius 2 is 1.82 bits per heavy atom. The number of halogens is 1. The second-order valence-electron chi connectivity index (χ2n) is 5.48. The molecule has 1 aliphatic rings. The molecule has 0 nitrogen and oxygen atoms in total. The van der Waals surface area contributed by atoms with Crippen LogP contribution in [-0.4, -0.2) is 14.5 Å². The molecule has 0 unspecified atom stereocenters. The van der Waals surface area contributed by atoms with E-state index >= 15 is 0 Å². The van der Waals surface area contributed by atoms with Crippen molar-refractivity contribution in [2.75, 3.05) is 0 Å². The number of hydrogen-bond donors (Lipinski definition) is 0. The van der Waals surface area contributed by atoms with Crippen molar-refractivity contribution in [3.05, 3.63) is 76.8 Å². The van der Waals surface area contributed by atoms with E-state index < -0.39 is 0 Å². The monoisotopic (exact) mass is 365 g/mol. The van der Waals surface area contributed by atoms with E-state index in [4.69, 9.17) is 11.6 Å². The van der Waals surface area contributed by atoms with Gasteiger partial charge in [0.05, 0.1) is 0 Å². The third-order valence-electron chi connectivity index (χ3n) is 4.21. The predicted octanol–water partition coefficient (Wildman–Crippen LogP) is 5.55. The fraction of sp³-hybridized carbons (Fsp3) is 0. The Balaban J connectivity index is 1.99. The van der Waals surface area contributed by atoms with Gasteiger partial charge < -0.3 is 0 Å². The topological polar surface area (TPSA) is 0 Å². The van der Waals surface area contributed by atoms with E-state index in [0.717, 1.165) is 10.6 Å². The van der Waals surface area contributed by atoms with E-state index in [-0.39, 0.29) is 0 Å². The first-order valence-corrected chi connectivity index (χ1v) is 9.24. The van der Waals surface area contributed by atoms with Gasteiger partial charge in [-0.1, -0.05) is 0 Å². The van der Waals surface area contributed by atoms with Gasteiger partial charge >= 0.3 is 139 Å². The summed E-state index contributed by atoms with van der Waals surface area (Å²) >= 11 is 6.60. The summed E-state index contributed by atoms with van der Waals surface area (Å²) in [6.45, 7) is 0. The molecule has 0 amide bonds. The quantitative estimate of drug-likeness (QED) is 0.250. The van der Waals surface area contributed by atoms with E-state index in [1.54, 1.807) is 0 Å². The zero-order chi connectivity index (χ0) is 14.7. The Labute approximate surface area is 139 Å². The van der Waals surface area contributed by atoms with Crippen molar-refractivity contribution in [2.45, 2.75) is 0 Å². The molecule has 0 spiro atoms. The van der Waals surface area contributed by atoms with Gasteiger partial charge in [0.25, 0.3) is 0 Å². The first kappa shape index (κ1) is 12.6. The number of rotatable bonds is 0. The van der Waals surface area contributed by atoms with Crippen LogP contribution >= 0.6 is 11.6 Å². The molecule has 0 aliphatic heterocycles. The number of hydrogen-bond acceptors (Lipinski definition) is 0. The van der Waals surface area contributed by atoms with Crippen LogP contribution in [0.4, 0.5) is 0 Å². The van der Waals surface area contributed by atoms with Crippen molar-refractivity contribution in [1.29, 1.82) is 0 Å². The van der Waals surface area contributed by atoms with Gasteiger partial charge in [-0.25, -0.2) is 0 Å². The van der Waals surface area contributed by atoms with Gasteiger partial charge in [0.15, 0.2) is 0 Å². The Hall–Kier alpha value is -1.88. The van der Waals surface area contributed by atoms with E-state index in [1.165, 1.54) is 36.0 Å². The van der Waals surface area contributed by atoms with Crippen LogP contribution in [0, 0.1) is 6.08 Å². The normalized spacial score (nSPS) is 12.2. The maximum atomic E-state index is 6.25. The summed E-state index contributed by atoms with van der Waals surface area (Å²) in [5, 5.41) is 3.56. The van der Waals surface area contributed by atoms with E-state index in [0.29, 0.717) is 14.5 Å². The molecule has 1 aromatic heterocycles. The van der Waals surface area contributed by atoms with E-state index in [1.807, 2.05) is 6.07 Å². The Morgan fingerprint density at radius 1 is 0.909 bits per heavy atom. The van der Waals surface area contributed by atoms with Crippen molar-refractivity contribution >= 4 is 51.5 Å². The van der Waals surface area contributed by atoms with Crippen molar-refractivity contribution in [2.24, 2.45) is 0 Å². The van der Waals surface area contributed by atoms with Gasteiger partial charge in [-0.15, -0.1) is 0 Å². The van der Waals surface area contributed by atoms with Gasteiger partial charge in [0.1, 0.15) is 0 Å². The third kappa shape index (κ3) is 1.69. The fourth-order valence-corrected chi connectivity index (χ4v) is 6.05. The second kappa shape index (κ2) is 4.56. The molecule has 5 rings (SSSR count). The minimum absolute atomic E-state index is 0.349. The molecular weight excluding hydrogens is 355 g/mol. The van der Waals surface area contributed by atoms with Crippen LogP contribution < -0.4 is 0 Å². The van der Waals surface area contributed by atoms with Gasteiger partial charge in [0, 0.05) is 0 Å². The van der Waals surface area contributed by atoms with E-state index in [2.05, 4.69) is 60.7 Å². The third-order valence-corrected chi connectivity index (χ3v) is 6.97. The van der Waals surface area contributed by atoms with Crippen molar-refractivity contribution in [1.82, 2.24) is 0 Å². The first-order chi connectivity index (χ1) is 10.8. The van der Waals surface area contributed by atoms with Crippen molar-refractivity contribution in [3.8, 4) is 11.1 Å². The molecule has 0 saturated heterocycles. The maximum absolute atomic E-state index is 6.25. The average Bonchev–Trinajstić information content (AvgIpc) is 2.93. The van der Waals surface area contributed by atoms with Gasteiger partial charge in [0.2, 0.25) is 0 Å². The summed E-state index contributed by atoms with van der Waals surface area (Å²) in [4.78, 5) is 0. The van der Waals surface area contributed by atoms with Crippen LogP contribution in [-0.2, 0) is 0 Å².